The number of hydrogen-bond acceptors (Lipinski definition) is 4. The molecular formula is C52H52Br2N2S2. The number of rotatable bonds is 6. The molecular weight excluding hydrogens is 877 g/mol. The lowest BCUT2D eigenvalue weighted by Gasteiger charge is -2.22. The third-order valence-corrected chi connectivity index (χ3v) is 14.0. The van der Waals surface area contributed by atoms with Gasteiger partial charge in [-0.25, -0.2) is 9.98 Å². The van der Waals surface area contributed by atoms with Gasteiger partial charge in [-0.2, -0.15) is 0 Å². The third-order valence-electron chi connectivity index (χ3n) is 10.6. The van der Waals surface area contributed by atoms with Gasteiger partial charge in [-0.3, -0.25) is 0 Å². The molecule has 0 spiro atoms. The molecule has 0 radical (unpaired) electrons. The van der Waals surface area contributed by atoms with Crippen LogP contribution in [-0.4, -0.2) is 21.6 Å². The van der Waals surface area contributed by atoms with Gasteiger partial charge in [-0.05, 0) is 101 Å². The van der Waals surface area contributed by atoms with Crippen LogP contribution in [0.5, 0.6) is 0 Å². The molecule has 6 aromatic rings. The van der Waals surface area contributed by atoms with E-state index in [1.165, 1.54) is 22.3 Å². The van der Waals surface area contributed by atoms with E-state index in [1.807, 2.05) is 0 Å². The molecule has 1 aliphatic rings. The highest BCUT2D eigenvalue weighted by molar-refractivity contribution is 9.11. The molecule has 1 heterocycles. The fourth-order valence-corrected chi connectivity index (χ4v) is 10.5. The van der Waals surface area contributed by atoms with E-state index in [9.17, 15) is 0 Å². The Labute approximate surface area is 371 Å². The van der Waals surface area contributed by atoms with Crippen LogP contribution in [0.1, 0.15) is 79.0 Å². The van der Waals surface area contributed by atoms with E-state index >= 15 is 0 Å². The van der Waals surface area contributed by atoms with E-state index in [2.05, 4.69) is 222 Å². The fraction of sp³-hybridized carbons (Fsp3) is 0.269. The van der Waals surface area contributed by atoms with Crippen molar-refractivity contribution in [3.8, 4) is 44.5 Å². The molecule has 2 nitrogen and oxygen atoms in total. The zero-order chi connectivity index (χ0) is 41.4. The molecule has 6 heteroatoms. The summed E-state index contributed by atoms with van der Waals surface area (Å²) in [7, 11) is 0. The van der Waals surface area contributed by atoms with Gasteiger partial charge in [0.2, 0.25) is 0 Å². The molecule has 6 aromatic carbocycles. The van der Waals surface area contributed by atoms with Crippen LogP contribution in [0.4, 0.5) is 11.4 Å². The van der Waals surface area contributed by atoms with E-state index in [-0.39, 0.29) is 16.2 Å². The van der Waals surface area contributed by atoms with Gasteiger partial charge in [-0.15, -0.1) is 23.5 Å². The zero-order valence-electron chi connectivity index (χ0n) is 35.0. The second-order valence-corrected chi connectivity index (χ2v) is 22.0. The fourth-order valence-electron chi connectivity index (χ4n) is 7.10. The maximum atomic E-state index is 5.72. The molecule has 1 fully saturated rings. The largest absolute Gasteiger partial charge is 0.238 e. The van der Waals surface area contributed by atoms with Gasteiger partial charge in [-0.1, -0.05) is 181 Å². The van der Waals surface area contributed by atoms with Crippen molar-refractivity contribution in [2.75, 3.05) is 11.5 Å². The predicted molar refractivity (Wildman–Crippen MR) is 265 cm³/mol. The SMILES string of the molecule is CC(C)(C)c1ccc(-c2cc(Br)cc(Br)c2N=C2SCCSC2=Nc2c(-c3ccc(C(C)(C)C)cc3)cc(-c3ccccc3)cc2-c2ccc(C(C)(C)C)cc2)cc1. The van der Waals surface area contributed by atoms with Crippen molar-refractivity contribution in [3.63, 3.8) is 0 Å². The number of nitrogens with zero attached hydrogens (tertiary/aromatic N) is 2. The van der Waals surface area contributed by atoms with Crippen molar-refractivity contribution < 1.29 is 0 Å². The van der Waals surface area contributed by atoms with Crippen molar-refractivity contribution in [1.29, 1.82) is 0 Å². The number of benzene rings is 6. The molecule has 1 saturated heterocycles. The Kier molecular flexibility index (Phi) is 12.5. The predicted octanol–water partition coefficient (Wildman–Crippen LogP) is 17.0. The lowest BCUT2D eigenvalue weighted by atomic mass is 9.84. The van der Waals surface area contributed by atoms with Crippen LogP contribution < -0.4 is 0 Å². The van der Waals surface area contributed by atoms with Crippen molar-refractivity contribution in [3.05, 3.63) is 153 Å². The van der Waals surface area contributed by atoms with Crippen LogP contribution in [0.2, 0.25) is 0 Å². The van der Waals surface area contributed by atoms with Gasteiger partial charge in [0.25, 0.3) is 0 Å². The molecule has 0 N–H and O–H groups in total. The van der Waals surface area contributed by atoms with Crippen molar-refractivity contribution >= 4 is 76.8 Å². The molecule has 0 aromatic heterocycles. The summed E-state index contributed by atoms with van der Waals surface area (Å²) < 4.78 is 1.94. The topological polar surface area (TPSA) is 24.7 Å². The molecule has 58 heavy (non-hydrogen) atoms. The summed E-state index contributed by atoms with van der Waals surface area (Å²) in [5.41, 5.74) is 14.9. The Balaban J connectivity index is 1.46. The van der Waals surface area contributed by atoms with Crippen LogP contribution in [0.3, 0.4) is 0 Å². The normalized spacial score (nSPS) is 15.3. The van der Waals surface area contributed by atoms with Gasteiger partial charge < -0.3 is 0 Å². The van der Waals surface area contributed by atoms with Gasteiger partial charge in [0.15, 0.2) is 0 Å². The standard InChI is InChI=1S/C52H52Br2N2S2/c1-50(2,3)38-21-15-34(16-22-38)42-29-37(33-13-11-10-12-14-33)30-43(35-17-23-39(24-18-35)51(4,5)6)46(42)55-48-49(58-28-27-57-48)56-47-44(31-41(53)32-45(47)54)36-19-25-40(26-20-36)52(7,8)9/h10-26,29-32H,27-28H2,1-9H3. The molecule has 296 valence electrons. The van der Waals surface area contributed by atoms with Crippen LogP contribution in [0, 0.1) is 0 Å². The maximum absolute atomic E-state index is 5.72. The average molecular weight is 929 g/mol. The summed E-state index contributed by atoms with van der Waals surface area (Å²) in [6.07, 6.45) is 0. The van der Waals surface area contributed by atoms with E-state index in [1.54, 1.807) is 23.5 Å². The molecule has 1 aliphatic heterocycles. The summed E-state index contributed by atoms with van der Waals surface area (Å²) in [5, 5.41) is 1.87. The minimum atomic E-state index is 0.0452. The maximum Gasteiger partial charge on any atom is 0.129 e. The van der Waals surface area contributed by atoms with E-state index < -0.39 is 0 Å². The average Bonchev–Trinajstić information content (AvgIpc) is 3.19. The Morgan fingerprint density at radius 1 is 0.414 bits per heavy atom. The summed E-state index contributed by atoms with van der Waals surface area (Å²) in [6, 6.07) is 46.7. The van der Waals surface area contributed by atoms with Crippen molar-refractivity contribution in [2.45, 2.75) is 78.6 Å². The van der Waals surface area contributed by atoms with Crippen LogP contribution in [0.25, 0.3) is 44.5 Å². The Bertz CT molecular complexity index is 2400. The van der Waals surface area contributed by atoms with Crippen LogP contribution in [-0.2, 0) is 16.2 Å². The quantitative estimate of drug-likeness (QED) is 0.166. The van der Waals surface area contributed by atoms with E-state index in [4.69, 9.17) is 9.98 Å². The minimum Gasteiger partial charge on any atom is -0.238 e. The van der Waals surface area contributed by atoms with Crippen LogP contribution in [0.15, 0.2) is 146 Å². The van der Waals surface area contributed by atoms with Gasteiger partial charge in [0.05, 0.1) is 11.4 Å². The van der Waals surface area contributed by atoms with Crippen molar-refractivity contribution in [1.82, 2.24) is 0 Å². The lowest BCUT2D eigenvalue weighted by molar-refractivity contribution is 0.590. The monoisotopic (exact) mass is 926 g/mol. The highest BCUT2D eigenvalue weighted by Gasteiger charge is 2.24. The van der Waals surface area contributed by atoms with Gasteiger partial charge in [0, 0.05) is 37.1 Å². The number of hydrogen-bond donors (Lipinski definition) is 0. The molecule has 0 unspecified atom stereocenters. The summed E-state index contributed by atoms with van der Waals surface area (Å²) in [4.78, 5) is 11.2. The smallest absolute Gasteiger partial charge is 0.129 e. The number of halogens is 2. The summed E-state index contributed by atoms with van der Waals surface area (Å²) in [5.74, 6) is 1.92. The van der Waals surface area contributed by atoms with E-state index in [0.717, 1.165) is 80.9 Å². The first-order valence-electron chi connectivity index (χ1n) is 19.9. The Morgan fingerprint density at radius 3 is 1.19 bits per heavy atom. The Hall–Kier alpha value is -3.68. The summed E-state index contributed by atoms with van der Waals surface area (Å²) in [6.45, 7) is 20.4. The second-order valence-electron chi connectivity index (χ2n) is 18.1. The third kappa shape index (κ3) is 9.68. The first kappa shape index (κ1) is 42.4. The molecule has 0 atom stereocenters. The zero-order valence-corrected chi connectivity index (χ0v) is 39.8. The van der Waals surface area contributed by atoms with E-state index in [0.29, 0.717) is 0 Å². The first-order valence-corrected chi connectivity index (χ1v) is 23.5. The molecule has 0 amide bonds. The molecule has 0 bridgehead atoms. The molecule has 0 saturated carbocycles. The second kappa shape index (κ2) is 17.1. The minimum absolute atomic E-state index is 0.0452. The lowest BCUT2D eigenvalue weighted by Crippen LogP contribution is -2.14. The van der Waals surface area contributed by atoms with Crippen molar-refractivity contribution in [2.24, 2.45) is 9.98 Å². The van der Waals surface area contributed by atoms with Gasteiger partial charge in [0.1, 0.15) is 10.1 Å². The van der Waals surface area contributed by atoms with Crippen LogP contribution >= 0.6 is 55.4 Å². The number of thioether (sulfide) groups is 2. The Morgan fingerprint density at radius 2 is 0.793 bits per heavy atom. The number of aliphatic imine (C=N–C) groups is 2. The highest BCUT2D eigenvalue weighted by Crippen LogP contribution is 2.46. The summed E-state index contributed by atoms with van der Waals surface area (Å²) >= 11 is 11.3. The highest BCUT2D eigenvalue weighted by atomic mass is 79.9. The molecule has 7 rings (SSSR count). The molecule has 0 aliphatic carbocycles. The van der Waals surface area contributed by atoms with Gasteiger partial charge >= 0.3 is 0 Å². The first-order chi connectivity index (χ1) is 27.5.